The van der Waals surface area contributed by atoms with Crippen LogP contribution in [0.15, 0.2) is 60.8 Å². The highest BCUT2D eigenvalue weighted by Gasteiger charge is 2.44. The first-order valence-corrected chi connectivity index (χ1v) is 14.9. The molecule has 0 bridgehead atoms. The predicted octanol–water partition coefficient (Wildman–Crippen LogP) is 6.65. The Kier molecular flexibility index (Phi) is 10.5. The molecule has 1 fully saturated rings. The minimum Gasteiger partial charge on any atom is -0.351 e. The van der Waals surface area contributed by atoms with Crippen LogP contribution in [0.5, 0.6) is 0 Å². The maximum absolute atomic E-state index is 14.9. The fraction of sp³-hybridized carbons (Fsp3) is 0.364. The van der Waals surface area contributed by atoms with E-state index in [-0.39, 0.29) is 46.9 Å². The van der Waals surface area contributed by atoms with Crippen molar-refractivity contribution in [1.82, 2.24) is 10.3 Å². The minimum absolute atomic E-state index is 0.0169. The maximum Gasteiger partial charge on any atom is 0.251 e. The van der Waals surface area contributed by atoms with E-state index in [4.69, 9.17) is 11.6 Å². The zero-order valence-electron chi connectivity index (χ0n) is 25.1. The van der Waals surface area contributed by atoms with Gasteiger partial charge in [-0.05, 0) is 75.1 Å². The van der Waals surface area contributed by atoms with Crippen molar-refractivity contribution in [3.05, 3.63) is 88.3 Å². The Balaban J connectivity index is 1.86. The standard InChI is InChI=1S/C33H33ClF3N5O3/c1-4-23(11-13-33(3,36)37)40-31(44)30(25-7-5-6-8-26(25)34)41(24-16-20(2)15-22(35)18-24)32(45)27-9-10-29(43)42(27)28-17-21(19-38)12-14-39-28/h5-8,12,14-18,23,27,30H,4,9-11,13H2,1-3H3,(H,40,44)/t23?,27-,30-/m0/s1. The summed E-state index contributed by atoms with van der Waals surface area (Å²) in [6, 6.07) is 11.8. The number of rotatable bonds is 11. The Morgan fingerprint density at radius 2 is 1.96 bits per heavy atom. The molecule has 45 heavy (non-hydrogen) atoms. The van der Waals surface area contributed by atoms with Crippen LogP contribution in [-0.2, 0) is 14.4 Å². The predicted molar refractivity (Wildman–Crippen MR) is 164 cm³/mol. The van der Waals surface area contributed by atoms with Crippen LogP contribution in [0.25, 0.3) is 0 Å². The summed E-state index contributed by atoms with van der Waals surface area (Å²) in [7, 11) is 0. The number of aryl methyl sites for hydroxylation is 1. The summed E-state index contributed by atoms with van der Waals surface area (Å²) in [6.07, 6.45) is 1.22. The number of carbonyl (C=O) groups is 3. The summed E-state index contributed by atoms with van der Waals surface area (Å²) in [5.74, 6) is -5.39. The molecule has 0 saturated carbocycles. The third-order valence-electron chi connectivity index (χ3n) is 7.64. The van der Waals surface area contributed by atoms with Gasteiger partial charge in [0, 0.05) is 41.4 Å². The number of alkyl halides is 2. The van der Waals surface area contributed by atoms with Gasteiger partial charge in [0.15, 0.2) is 0 Å². The van der Waals surface area contributed by atoms with Gasteiger partial charge in [-0.15, -0.1) is 0 Å². The normalized spacial score (nSPS) is 16.2. The van der Waals surface area contributed by atoms with E-state index < -0.39 is 54.0 Å². The van der Waals surface area contributed by atoms with Gasteiger partial charge in [-0.1, -0.05) is 36.7 Å². The Bertz CT molecular complexity index is 1600. The van der Waals surface area contributed by atoms with E-state index in [1.807, 2.05) is 6.07 Å². The van der Waals surface area contributed by atoms with Gasteiger partial charge in [0.2, 0.25) is 17.7 Å². The van der Waals surface area contributed by atoms with Gasteiger partial charge >= 0.3 is 0 Å². The zero-order valence-corrected chi connectivity index (χ0v) is 25.8. The quantitative estimate of drug-likeness (QED) is 0.253. The second-order valence-electron chi connectivity index (χ2n) is 11.2. The van der Waals surface area contributed by atoms with E-state index in [1.54, 1.807) is 32.0 Å². The van der Waals surface area contributed by atoms with Crippen molar-refractivity contribution in [3.8, 4) is 6.07 Å². The molecule has 1 N–H and O–H groups in total. The molecule has 1 aliphatic heterocycles. The van der Waals surface area contributed by atoms with Crippen molar-refractivity contribution in [2.45, 2.75) is 76.9 Å². The average molecular weight is 640 g/mol. The minimum atomic E-state index is -2.95. The number of anilines is 2. The van der Waals surface area contributed by atoms with E-state index in [2.05, 4.69) is 10.3 Å². The number of aromatic nitrogens is 1. The van der Waals surface area contributed by atoms with Crippen molar-refractivity contribution in [3.63, 3.8) is 0 Å². The lowest BCUT2D eigenvalue weighted by atomic mass is 9.99. The van der Waals surface area contributed by atoms with Gasteiger partial charge in [-0.2, -0.15) is 5.26 Å². The molecule has 3 atom stereocenters. The van der Waals surface area contributed by atoms with Crippen LogP contribution in [0.4, 0.5) is 24.7 Å². The van der Waals surface area contributed by atoms with Gasteiger partial charge in [-0.25, -0.2) is 18.2 Å². The molecule has 3 amide bonds. The Hall–Kier alpha value is -4.43. The topological polar surface area (TPSA) is 106 Å². The molecule has 1 saturated heterocycles. The molecule has 2 heterocycles. The van der Waals surface area contributed by atoms with Crippen LogP contribution in [0.1, 0.15) is 68.7 Å². The van der Waals surface area contributed by atoms with E-state index in [1.165, 1.54) is 41.4 Å². The number of nitriles is 1. The first kappa shape index (κ1) is 33.5. The van der Waals surface area contributed by atoms with Gasteiger partial charge < -0.3 is 5.32 Å². The summed E-state index contributed by atoms with van der Waals surface area (Å²) in [5.41, 5.74) is 0.924. The summed E-state index contributed by atoms with van der Waals surface area (Å²) in [6.45, 7) is 4.17. The molecule has 12 heteroatoms. The molecule has 1 unspecified atom stereocenters. The second kappa shape index (κ2) is 14.1. The largest absolute Gasteiger partial charge is 0.351 e. The maximum atomic E-state index is 14.9. The Labute approximate surface area is 264 Å². The van der Waals surface area contributed by atoms with Crippen molar-refractivity contribution in [1.29, 1.82) is 5.26 Å². The number of nitrogens with one attached hydrogen (secondary N) is 1. The lowest BCUT2D eigenvalue weighted by Crippen LogP contribution is -2.53. The number of hydrogen-bond acceptors (Lipinski definition) is 5. The number of benzene rings is 2. The van der Waals surface area contributed by atoms with Crippen LogP contribution in [0, 0.1) is 24.1 Å². The number of hydrogen-bond donors (Lipinski definition) is 1. The third-order valence-corrected chi connectivity index (χ3v) is 7.98. The van der Waals surface area contributed by atoms with Gasteiger partial charge in [0.05, 0.1) is 11.6 Å². The van der Waals surface area contributed by atoms with Gasteiger partial charge in [0.25, 0.3) is 5.91 Å². The number of halogens is 4. The second-order valence-corrected chi connectivity index (χ2v) is 11.6. The highest BCUT2D eigenvalue weighted by molar-refractivity contribution is 6.31. The van der Waals surface area contributed by atoms with Crippen LogP contribution in [0.3, 0.4) is 0 Å². The summed E-state index contributed by atoms with van der Waals surface area (Å²) < 4.78 is 42.3. The third kappa shape index (κ3) is 8.00. The lowest BCUT2D eigenvalue weighted by Gasteiger charge is -2.36. The van der Waals surface area contributed by atoms with Crippen molar-refractivity contribution in [2.75, 3.05) is 9.80 Å². The van der Waals surface area contributed by atoms with E-state index in [0.717, 1.165) is 17.9 Å². The van der Waals surface area contributed by atoms with Crippen LogP contribution in [0.2, 0.25) is 5.02 Å². The smallest absolute Gasteiger partial charge is 0.251 e. The van der Waals surface area contributed by atoms with Crippen molar-refractivity contribution >= 4 is 40.8 Å². The van der Waals surface area contributed by atoms with Crippen LogP contribution < -0.4 is 15.1 Å². The first-order valence-electron chi connectivity index (χ1n) is 14.5. The van der Waals surface area contributed by atoms with E-state index in [0.29, 0.717) is 12.0 Å². The summed E-state index contributed by atoms with van der Waals surface area (Å²) in [5, 5.41) is 12.4. The number of carbonyl (C=O) groups excluding carboxylic acids is 3. The van der Waals surface area contributed by atoms with Crippen molar-refractivity contribution < 1.29 is 27.6 Å². The lowest BCUT2D eigenvalue weighted by molar-refractivity contribution is -0.128. The Morgan fingerprint density at radius 1 is 1.22 bits per heavy atom. The van der Waals surface area contributed by atoms with E-state index in [9.17, 15) is 32.8 Å². The van der Waals surface area contributed by atoms with Gasteiger partial charge in [-0.3, -0.25) is 24.2 Å². The van der Waals surface area contributed by atoms with Gasteiger partial charge in [0.1, 0.15) is 23.7 Å². The fourth-order valence-corrected chi connectivity index (χ4v) is 5.66. The first-order chi connectivity index (χ1) is 21.3. The molecule has 0 radical (unpaired) electrons. The summed E-state index contributed by atoms with van der Waals surface area (Å²) in [4.78, 5) is 48.6. The molecule has 8 nitrogen and oxygen atoms in total. The average Bonchev–Trinajstić information content (AvgIpc) is 3.38. The highest BCUT2D eigenvalue weighted by atomic mass is 35.5. The molecule has 0 spiro atoms. The molecular weight excluding hydrogens is 607 g/mol. The monoisotopic (exact) mass is 639 g/mol. The van der Waals surface area contributed by atoms with Crippen LogP contribution in [-0.4, -0.2) is 40.7 Å². The zero-order chi connectivity index (χ0) is 32.9. The molecule has 1 aromatic heterocycles. The molecule has 4 rings (SSSR count). The Morgan fingerprint density at radius 3 is 2.60 bits per heavy atom. The summed E-state index contributed by atoms with van der Waals surface area (Å²) >= 11 is 6.60. The number of pyridine rings is 1. The number of nitrogens with zero attached hydrogens (tertiary/aromatic N) is 4. The fourth-order valence-electron chi connectivity index (χ4n) is 5.43. The van der Waals surface area contributed by atoms with Crippen LogP contribution >= 0.6 is 11.6 Å². The SMILES string of the molecule is CCC(CCC(C)(F)F)NC(=O)[C@H](c1ccccc1Cl)N(C(=O)[C@@H]1CCC(=O)N1c1cc(C#N)ccn1)c1cc(C)cc(F)c1. The van der Waals surface area contributed by atoms with Crippen molar-refractivity contribution in [2.24, 2.45) is 0 Å². The molecule has 1 aliphatic rings. The number of amides is 3. The highest BCUT2D eigenvalue weighted by Crippen LogP contribution is 2.37. The molecule has 3 aromatic rings. The molecule has 2 aromatic carbocycles. The molecular formula is C33H33ClF3N5O3. The molecule has 0 aliphatic carbocycles. The van der Waals surface area contributed by atoms with E-state index >= 15 is 0 Å². The molecule has 236 valence electrons.